The summed E-state index contributed by atoms with van der Waals surface area (Å²) < 4.78 is 5.14. The zero-order valence-electron chi connectivity index (χ0n) is 8.58. The molecule has 2 nitrogen and oxygen atoms in total. The van der Waals surface area contributed by atoms with E-state index in [9.17, 15) is 0 Å². The monoisotopic (exact) mass is 189 g/mol. The van der Waals surface area contributed by atoms with Crippen LogP contribution in [0.1, 0.15) is 18.4 Å². The molecule has 0 bridgehead atoms. The van der Waals surface area contributed by atoms with Crippen LogP contribution in [0.2, 0.25) is 0 Å². The van der Waals surface area contributed by atoms with Crippen LogP contribution >= 0.6 is 0 Å². The van der Waals surface area contributed by atoms with E-state index in [1.54, 1.807) is 7.11 Å². The van der Waals surface area contributed by atoms with Gasteiger partial charge < -0.3 is 10.5 Å². The highest BCUT2D eigenvalue weighted by atomic mass is 16.5. The van der Waals surface area contributed by atoms with Gasteiger partial charge in [-0.25, -0.2) is 0 Å². The van der Waals surface area contributed by atoms with Gasteiger partial charge in [-0.05, 0) is 24.6 Å². The number of hydrogen-bond acceptors (Lipinski definition) is 2. The second-order valence-electron chi connectivity index (χ2n) is 3.02. The normalized spacial score (nSPS) is 11.4. The van der Waals surface area contributed by atoms with E-state index in [4.69, 9.17) is 10.5 Å². The smallest absolute Gasteiger partial charge is 0.119 e. The SMILES string of the molecule is COc1cccc(C(C)C#CCN)c1. The van der Waals surface area contributed by atoms with Crippen molar-refractivity contribution < 1.29 is 4.74 Å². The van der Waals surface area contributed by atoms with Gasteiger partial charge in [0.2, 0.25) is 0 Å². The van der Waals surface area contributed by atoms with Gasteiger partial charge in [0.15, 0.2) is 0 Å². The summed E-state index contributed by atoms with van der Waals surface area (Å²) in [6, 6.07) is 7.93. The number of methoxy groups -OCH3 is 1. The Morgan fingerprint density at radius 3 is 2.93 bits per heavy atom. The highest BCUT2D eigenvalue weighted by Crippen LogP contribution is 2.19. The molecule has 0 radical (unpaired) electrons. The van der Waals surface area contributed by atoms with Crippen molar-refractivity contribution in [1.29, 1.82) is 0 Å². The lowest BCUT2D eigenvalue weighted by Gasteiger charge is -2.06. The maximum absolute atomic E-state index is 5.31. The molecule has 74 valence electrons. The molecule has 1 aromatic carbocycles. The molecule has 0 aliphatic heterocycles. The van der Waals surface area contributed by atoms with E-state index in [1.165, 1.54) is 0 Å². The second kappa shape index (κ2) is 5.31. The van der Waals surface area contributed by atoms with Crippen molar-refractivity contribution in [2.75, 3.05) is 13.7 Å². The largest absolute Gasteiger partial charge is 0.497 e. The van der Waals surface area contributed by atoms with E-state index in [-0.39, 0.29) is 5.92 Å². The van der Waals surface area contributed by atoms with E-state index in [0.29, 0.717) is 6.54 Å². The van der Waals surface area contributed by atoms with Crippen molar-refractivity contribution in [2.24, 2.45) is 5.73 Å². The first-order valence-corrected chi connectivity index (χ1v) is 4.60. The zero-order valence-corrected chi connectivity index (χ0v) is 8.58. The molecular formula is C12H15NO. The molecule has 1 unspecified atom stereocenters. The Labute approximate surface area is 85.1 Å². The molecule has 0 spiro atoms. The molecule has 0 aliphatic rings. The average Bonchev–Trinajstić information content (AvgIpc) is 2.26. The molecule has 0 saturated carbocycles. The zero-order chi connectivity index (χ0) is 10.4. The Kier molecular flexibility index (Phi) is 4.03. The fraction of sp³-hybridized carbons (Fsp3) is 0.333. The predicted octanol–water partition coefficient (Wildman–Crippen LogP) is 1.76. The molecule has 1 atom stereocenters. The van der Waals surface area contributed by atoms with Crippen LogP contribution in [0.3, 0.4) is 0 Å². The summed E-state index contributed by atoms with van der Waals surface area (Å²) in [6.07, 6.45) is 0. The summed E-state index contributed by atoms with van der Waals surface area (Å²) in [7, 11) is 1.66. The van der Waals surface area contributed by atoms with E-state index in [0.717, 1.165) is 11.3 Å². The molecule has 0 heterocycles. The average molecular weight is 189 g/mol. The van der Waals surface area contributed by atoms with Gasteiger partial charge in [-0.1, -0.05) is 24.0 Å². The van der Waals surface area contributed by atoms with Crippen molar-refractivity contribution in [3.05, 3.63) is 29.8 Å². The first-order valence-electron chi connectivity index (χ1n) is 4.60. The first-order chi connectivity index (χ1) is 6.77. The molecule has 1 rings (SSSR count). The van der Waals surface area contributed by atoms with Gasteiger partial charge in [-0.15, -0.1) is 0 Å². The van der Waals surface area contributed by atoms with Crippen LogP contribution in [0.5, 0.6) is 5.75 Å². The van der Waals surface area contributed by atoms with Gasteiger partial charge in [0.05, 0.1) is 13.7 Å². The predicted molar refractivity (Wildman–Crippen MR) is 58.2 cm³/mol. The summed E-state index contributed by atoms with van der Waals surface area (Å²) in [5, 5.41) is 0. The summed E-state index contributed by atoms with van der Waals surface area (Å²) in [5.41, 5.74) is 6.47. The maximum Gasteiger partial charge on any atom is 0.119 e. The molecule has 0 saturated heterocycles. The van der Waals surface area contributed by atoms with E-state index in [2.05, 4.69) is 18.8 Å². The maximum atomic E-state index is 5.31. The molecule has 0 aliphatic carbocycles. The molecule has 14 heavy (non-hydrogen) atoms. The molecule has 2 N–H and O–H groups in total. The highest BCUT2D eigenvalue weighted by molar-refractivity contribution is 5.34. The number of benzene rings is 1. The topological polar surface area (TPSA) is 35.2 Å². The number of hydrogen-bond donors (Lipinski definition) is 1. The Morgan fingerprint density at radius 2 is 2.29 bits per heavy atom. The summed E-state index contributed by atoms with van der Waals surface area (Å²) in [6.45, 7) is 2.46. The van der Waals surface area contributed by atoms with Crippen LogP contribution in [-0.2, 0) is 0 Å². The summed E-state index contributed by atoms with van der Waals surface area (Å²) in [4.78, 5) is 0. The summed E-state index contributed by atoms with van der Waals surface area (Å²) >= 11 is 0. The Bertz CT molecular complexity index is 349. The quantitative estimate of drug-likeness (QED) is 0.719. The first kappa shape index (κ1) is 10.6. The standard InChI is InChI=1S/C12H15NO/c1-10(5-4-8-13)11-6-3-7-12(9-11)14-2/h3,6-7,9-10H,8,13H2,1-2H3. The Morgan fingerprint density at radius 1 is 1.50 bits per heavy atom. The molecule has 0 fully saturated rings. The van der Waals surface area contributed by atoms with E-state index >= 15 is 0 Å². The third-order valence-electron chi connectivity index (χ3n) is 2.01. The van der Waals surface area contributed by atoms with Crippen LogP contribution in [0.25, 0.3) is 0 Å². The van der Waals surface area contributed by atoms with Crippen LogP contribution < -0.4 is 10.5 Å². The van der Waals surface area contributed by atoms with Gasteiger partial charge in [0.25, 0.3) is 0 Å². The highest BCUT2D eigenvalue weighted by Gasteiger charge is 2.01. The fourth-order valence-electron chi connectivity index (χ4n) is 1.21. The molecule has 0 amide bonds. The lowest BCUT2D eigenvalue weighted by molar-refractivity contribution is 0.414. The third-order valence-corrected chi connectivity index (χ3v) is 2.01. The third kappa shape index (κ3) is 2.79. The van der Waals surface area contributed by atoms with E-state index < -0.39 is 0 Å². The van der Waals surface area contributed by atoms with Crippen molar-refractivity contribution in [3.63, 3.8) is 0 Å². The van der Waals surface area contributed by atoms with Gasteiger partial charge in [-0.3, -0.25) is 0 Å². The Balaban J connectivity index is 2.84. The fourth-order valence-corrected chi connectivity index (χ4v) is 1.21. The van der Waals surface area contributed by atoms with Crippen molar-refractivity contribution in [1.82, 2.24) is 0 Å². The lowest BCUT2D eigenvalue weighted by atomic mass is 10.0. The van der Waals surface area contributed by atoms with Gasteiger partial charge in [0.1, 0.15) is 5.75 Å². The van der Waals surface area contributed by atoms with Crippen LogP contribution in [0.15, 0.2) is 24.3 Å². The van der Waals surface area contributed by atoms with Crippen LogP contribution in [0.4, 0.5) is 0 Å². The van der Waals surface area contributed by atoms with Gasteiger partial charge >= 0.3 is 0 Å². The van der Waals surface area contributed by atoms with Crippen LogP contribution in [-0.4, -0.2) is 13.7 Å². The Hall–Kier alpha value is -1.46. The number of rotatable bonds is 2. The minimum Gasteiger partial charge on any atom is -0.497 e. The molecule has 2 heteroatoms. The van der Waals surface area contributed by atoms with Crippen molar-refractivity contribution >= 4 is 0 Å². The van der Waals surface area contributed by atoms with Gasteiger partial charge in [0, 0.05) is 5.92 Å². The minimum atomic E-state index is 0.202. The van der Waals surface area contributed by atoms with Crippen molar-refractivity contribution in [2.45, 2.75) is 12.8 Å². The summed E-state index contributed by atoms with van der Waals surface area (Å²) in [5.74, 6) is 7.01. The van der Waals surface area contributed by atoms with Gasteiger partial charge in [-0.2, -0.15) is 0 Å². The lowest BCUT2D eigenvalue weighted by Crippen LogP contribution is -1.96. The van der Waals surface area contributed by atoms with Crippen LogP contribution in [0, 0.1) is 11.8 Å². The molecular weight excluding hydrogens is 174 g/mol. The minimum absolute atomic E-state index is 0.202. The number of ether oxygens (including phenoxy) is 1. The number of nitrogens with two attached hydrogens (primary N) is 1. The molecule has 0 aromatic heterocycles. The second-order valence-corrected chi connectivity index (χ2v) is 3.02. The van der Waals surface area contributed by atoms with E-state index in [1.807, 2.05) is 24.3 Å². The molecule has 1 aromatic rings. The van der Waals surface area contributed by atoms with Crippen molar-refractivity contribution in [3.8, 4) is 17.6 Å².